The molecule has 3 aliphatic rings. The summed E-state index contributed by atoms with van der Waals surface area (Å²) in [6.07, 6.45) is 5.25. The molecular formula is C30H40N2O5S. The van der Waals surface area contributed by atoms with E-state index in [9.17, 15) is 19.5 Å². The largest absolute Gasteiger partial charge is 0.465 e. The highest BCUT2D eigenvalue weighted by molar-refractivity contribution is 8.02. The van der Waals surface area contributed by atoms with Crippen molar-refractivity contribution < 1.29 is 24.2 Å². The third kappa shape index (κ3) is 4.49. The molecule has 0 aliphatic carbocycles. The molecule has 0 aromatic heterocycles. The third-order valence-electron chi connectivity index (χ3n) is 8.35. The fourth-order valence-corrected chi connectivity index (χ4v) is 9.00. The summed E-state index contributed by atoms with van der Waals surface area (Å²) >= 11 is 1.60. The zero-order chi connectivity index (χ0) is 27.9. The lowest BCUT2D eigenvalue weighted by atomic mass is 9.66. The molecule has 3 fully saturated rings. The molecule has 3 saturated heterocycles. The molecule has 1 aromatic carbocycles. The van der Waals surface area contributed by atoms with E-state index >= 15 is 0 Å². The van der Waals surface area contributed by atoms with Crippen molar-refractivity contribution in [3.05, 3.63) is 61.2 Å². The smallest absolute Gasteiger partial charge is 0.311 e. The SMILES string of the molecule is C=CCCOC(=O)[C@H]1[C@H]2C(=O)N([C@H](CO)c3ccccc3)C(C(=O)N(CC=C)C(C)(C)C)C23CC[C@]1(C)S3. The average molecular weight is 541 g/mol. The van der Waals surface area contributed by atoms with Crippen molar-refractivity contribution in [1.82, 2.24) is 9.80 Å². The highest BCUT2D eigenvalue weighted by atomic mass is 32.2. The van der Waals surface area contributed by atoms with Crippen molar-refractivity contribution in [1.29, 1.82) is 0 Å². The van der Waals surface area contributed by atoms with Gasteiger partial charge in [0.25, 0.3) is 0 Å². The Labute approximate surface area is 230 Å². The standard InChI is InChI=1S/C30H40N2O5S/c1-7-9-18-37-27(36)23-22-25(34)32(21(19-33)20-13-11-10-12-14-20)24(30(22)16-15-29(23,6)38-30)26(35)31(17-8-2)28(3,4)5/h7-8,10-14,21-24,33H,1-2,9,15-19H2,3-6H3/t21-,22+,23-,24?,29+,30?/m1/s1. The van der Waals surface area contributed by atoms with Gasteiger partial charge in [-0.3, -0.25) is 14.4 Å². The molecule has 2 amide bonds. The molecule has 7 nitrogen and oxygen atoms in total. The van der Waals surface area contributed by atoms with Gasteiger partial charge < -0.3 is 19.6 Å². The Kier molecular flexibility index (Phi) is 7.88. The van der Waals surface area contributed by atoms with Crippen molar-refractivity contribution >= 4 is 29.5 Å². The van der Waals surface area contributed by atoms with Crippen LogP contribution in [0, 0.1) is 11.8 Å². The topological polar surface area (TPSA) is 87.1 Å². The van der Waals surface area contributed by atoms with Crippen LogP contribution in [0.3, 0.4) is 0 Å². The predicted molar refractivity (Wildman–Crippen MR) is 149 cm³/mol. The number of amides is 2. The van der Waals surface area contributed by atoms with Crippen LogP contribution in [-0.2, 0) is 19.1 Å². The van der Waals surface area contributed by atoms with Crippen molar-refractivity contribution in [2.45, 2.75) is 74.1 Å². The number of hydrogen-bond donors (Lipinski definition) is 1. The van der Waals surface area contributed by atoms with Gasteiger partial charge >= 0.3 is 5.97 Å². The van der Waals surface area contributed by atoms with Gasteiger partial charge in [-0.15, -0.1) is 24.9 Å². The normalized spacial score (nSPS) is 30.6. The van der Waals surface area contributed by atoms with Gasteiger partial charge in [-0.05, 0) is 52.5 Å². The molecule has 6 atom stereocenters. The van der Waals surface area contributed by atoms with Crippen LogP contribution in [0.4, 0.5) is 0 Å². The van der Waals surface area contributed by atoms with E-state index in [2.05, 4.69) is 13.2 Å². The lowest BCUT2D eigenvalue weighted by Crippen LogP contribution is -2.59. The summed E-state index contributed by atoms with van der Waals surface area (Å²) in [6.45, 7) is 15.7. The minimum absolute atomic E-state index is 0.181. The number of aliphatic hydroxyl groups excluding tert-OH is 1. The maximum atomic E-state index is 14.6. The minimum atomic E-state index is -0.839. The van der Waals surface area contributed by atoms with Gasteiger partial charge in [0.15, 0.2) is 0 Å². The number of carbonyl (C=O) groups excluding carboxylic acids is 3. The second-order valence-electron chi connectivity index (χ2n) is 11.7. The zero-order valence-electron chi connectivity index (χ0n) is 22.9. The van der Waals surface area contributed by atoms with E-state index in [0.717, 1.165) is 5.56 Å². The van der Waals surface area contributed by atoms with Crippen LogP contribution in [0.5, 0.6) is 0 Å². The molecule has 1 spiro atoms. The zero-order valence-corrected chi connectivity index (χ0v) is 23.7. The van der Waals surface area contributed by atoms with E-state index < -0.39 is 44.9 Å². The summed E-state index contributed by atoms with van der Waals surface area (Å²) in [6, 6.07) is 7.75. The van der Waals surface area contributed by atoms with E-state index in [1.807, 2.05) is 58.0 Å². The third-order valence-corrected chi connectivity index (χ3v) is 10.3. The predicted octanol–water partition coefficient (Wildman–Crippen LogP) is 4.13. The summed E-state index contributed by atoms with van der Waals surface area (Å²) in [7, 11) is 0. The van der Waals surface area contributed by atoms with E-state index in [1.165, 1.54) is 0 Å². The highest BCUT2D eigenvalue weighted by Crippen LogP contribution is 2.72. The lowest BCUT2D eigenvalue weighted by Gasteiger charge is -2.43. The molecule has 1 aromatic rings. The number of esters is 1. The van der Waals surface area contributed by atoms with Gasteiger partial charge in [-0.2, -0.15) is 0 Å². The molecule has 206 valence electrons. The van der Waals surface area contributed by atoms with Crippen molar-refractivity contribution in [3.8, 4) is 0 Å². The van der Waals surface area contributed by atoms with Gasteiger partial charge in [0.2, 0.25) is 11.8 Å². The Balaban J connectivity index is 1.85. The number of nitrogens with zero attached hydrogens (tertiary/aromatic N) is 2. The second kappa shape index (κ2) is 10.5. The van der Waals surface area contributed by atoms with E-state index in [0.29, 0.717) is 25.8 Å². The number of aliphatic hydroxyl groups is 1. The van der Waals surface area contributed by atoms with Gasteiger partial charge in [-0.25, -0.2) is 0 Å². The number of thioether (sulfide) groups is 1. The lowest BCUT2D eigenvalue weighted by molar-refractivity contribution is -0.156. The second-order valence-corrected chi connectivity index (χ2v) is 13.6. The molecule has 1 N–H and O–H groups in total. The van der Waals surface area contributed by atoms with Crippen molar-refractivity contribution in [3.63, 3.8) is 0 Å². The quantitative estimate of drug-likeness (QED) is 0.273. The Morgan fingerprint density at radius 3 is 2.50 bits per heavy atom. The number of hydrogen-bond acceptors (Lipinski definition) is 6. The Bertz CT molecular complexity index is 1100. The molecule has 2 bridgehead atoms. The maximum absolute atomic E-state index is 14.6. The van der Waals surface area contributed by atoms with Gasteiger partial charge in [0, 0.05) is 16.8 Å². The van der Waals surface area contributed by atoms with E-state index in [1.54, 1.807) is 33.7 Å². The van der Waals surface area contributed by atoms with Crippen LogP contribution < -0.4 is 0 Å². The first-order valence-corrected chi connectivity index (χ1v) is 14.2. The van der Waals surface area contributed by atoms with Crippen molar-refractivity contribution in [2.75, 3.05) is 19.8 Å². The Morgan fingerprint density at radius 1 is 1.24 bits per heavy atom. The first-order valence-electron chi connectivity index (χ1n) is 13.3. The summed E-state index contributed by atoms with van der Waals surface area (Å²) in [4.78, 5) is 45.9. The van der Waals surface area contributed by atoms with Crippen LogP contribution in [0.1, 0.15) is 58.6 Å². The monoisotopic (exact) mass is 540 g/mol. The van der Waals surface area contributed by atoms with Crippen molar-refractivity contribution in [2.24, 2.45) is 11.8 Å². The summed E-state index contributed by atoms with van der Waals surface area (Å²) < 4.78 is 4.32. The van der Waals surface area contributed by atoms with E-state index in [-0.39, 0.29) is 25.0 Å². The summed E-state index contributed by atoms with van der Waals surface area (Å²) in [5, 5.41) is 10.6. The molecule has 0 saturated carbocycles. The summed E-state index contributed by atoms with van der Waals surface area (Å²) in [5.41, 5.74) is 0.226. The molecule has 3 aliphatic heterocycles. The fraction of sp³-hybridized carbons (Fsp3) is 0.567. The maximum Gasteiger partial charge on any atom is 0.311 e. The number of likely N-dealkylation sites (tertiary alicyclic amines) is 1. The minimum Gasteiger partial charge on any atom is -0.465 e. The average Bonchev–Trinajstić information content (AvgIpc) is 3.44. The van der Waals surface area contributed by atoms with Gasteiger partial charge in [0.1, 0.15) is 6.04 Å². The van der Waals surface area contributed by atoms with Gasteiger partial charge in [0.05, 0.1) is 35.8 Å². The fourth-order valence-electron chi connectivity index (χ4n) is 6.67. The van der Waals surface area contributed by atoms with E-state index in [4.69, 9.17) is 4.74 Å². The van der Waals surface area contributed by atoms with Crippen LogP contribution in [-0.4, -0.2) is 73.5 Å². The van der Waals surface area contributed by atoms with Gasteiger partial charge in [-0.1, -0.05) is 42.5 Å². The van der Waals surface area contributed by atoms with Crippen LogP contribution >= 0.6 is 11.8 Å². The first kappa shape index (κ1) is 28.4. The molecule has 38 heavy (non-hydrogen) atoms. The van der Waals surface area contributed by atoms with Crippen LogP contribution in [0.25, 0.3) is 0 Å². The Hall–Kier alpha value is -2.58. The molecule has 0 radical (unpaired) electrons. The summed E-state index contributed by atoms with van der Waals surface area (Å²) in [5.74, 6) is -2.22. The molecule has 8 heteroatoms. The van der Waals surface area contributed by atoms with Crippen LogP contribution in [0.15, 0.2) is 55.6 Å². The first-order chi connectivity index (χ1) is 18.0. The number of carbonyl (C=O) groups is 3. The van der Waals surface area contributed by atoms with Crippen LogP contribution in [0.2, 0.25) is 0 Å². The molecular weight excluding hydrogens is 500 g/mol. The number of rotatable bonds is 10. The number of ether oxygens (including phenoxy) is 1. The Morgan fingerprint density at radius 2 is 1.92 bits per heavy atom. The molecule has 4 rings (SSSR count). The molecule has 3 heterocycles. The highest BCUT2D eigenvalue weighted by Gasteiger charge is 2.78. The number of fused-ring (bicyclic) bond motifs is 1. The molecule has 2 unspecified atom stereocenters. The number of benzene rings is 1.